The smallest absolute Gasteiger partial charge is 0.0940 e. The summed E-state index contributed by atoms with van der Waals surface area (Å²) in [7, 11) is 0. The average Bonchev–Trinajstić information content (AvgIpc) is 3.18. The molecule has 29 heavy (non-hydrogen) atoms. The van der Waals surface area contributed by atoms with E-state index in [2.05, 4.69) is 60.7 Å². The Morgan fingerprint density at radius 1 is 1.07 bits per heavy atom. The van der Waals surface area contributed by atoms with E-state index in [4.69, 9.17) is 0 Å². The summed E-state index contributed by atoms with van der Waals surface area (Å²) in [6.07, 6.45) is 25.1. The molecule has 0 bridgehead atoms. The van der Waals surface area contributed by atoms with Gasteiger partial charge in [-0.15, -0.1) is 5.10 Å². The summed E-state index contributed by atoms with van der Waals surface area (Å²) in [5, 5.41) is 8.48. The second-order valence-corrected chi connectivity index (χ2v) is 9.76. The Hall–Kier alpha value is -2.42. The lowest BCUT2D eigenvalue weighted by molar-refractivity contribution is 0.305. The van der Waals surface area contributed by atoms with Crippen molar-refractivity contribution in [2.45, 2.75) is 58.8 Å². The third-order valence-corrected chi connectivity index (χ3v) is 7.91. The second-order valence-electron chi connectivity index (χ2n) is 9.76. The van der Waals surface area contributed by atoms with Crippen LogP contribution in [0.15, 0.2) is 47.8 Å². The van der Waals surface area contributed by atoms with E-state index in [1.54, 1.807) is 11.1 Å². The van der Waals surface area contributed by atoms with Gasteiger partial charge < -0.3 is 0 Å². The SMILES string of the molecule is CC1(C)C2=C(CCCCC2)C2C=CC(c3cn4nncc4c4c3CCC=C4)=CC21. The second kappa shape index (κ2) is 6.29. The zero-order chi connectivity index (χ0) is 19.6. The molecule has 3 nitrogen and oxygen atoms in total. The number of aromatic nitrogens is 3. The van der Waals surface area contributed by atoms with Gasteiger partial charge in [-0.25, -0.2) is 4.52 Å². The van der Waals surface area contributed by atoms with E-state index in [0.29, 0.717) is 11.8 Å². The lowest BCUT2D eigenvalue weighted by Crippen LogP contribution is -2.25. The van der Waals surface area contributed by atoms with Crippen LogP contribution in [0.4, 0.5) is 0 Å². The largest absolute Gasteiger partial charge is 0.219 e. The molecule has 4 aliphatic rings. The molecule has 2 unspecified atom stereocenters. The van der Waals surface area contributed by atoms with Crippen molar-refractivity contribution < 1.29 is 0 Å². The van der Waals surface area contributed by atoms with Gasteiger partial charge in [0.15, 0.2) is 0 Å². The summed E-state index contributed by atoms with van der Waals surface area (Å²) < 4.78 is 1.96. The van der Waals surface area contributed by atoms with Crippen molar-refractivity contribution in [1.82, 2.24) is 14.8 Å². The summed E-state index contributed by atoms with van der Waals surface area (Å²) in [6.45, 7) is 4.98. The first-order valence-electron chi connectivity index (χ1n) is 11.3. The number of pyridine rings is 1. The molecule has 0 amide bonds. The molecule has 0 N–H and O–H groups in total. The van der Waals surface area contributed by atoms with Crippen LogP contribution < -0.4 is 0 Å². The molecular formula is C26H29N3. The summed E-state index contributed by atoms with van der Waals surface area (Å²) in [6, 6.07) is 0. The first-order chi connectivity index (χ1) is 14.1. The van der Waals surface area contributed by atoms with Crippen molar-refractivity contribution in [3.8, 4) is 0 Å². The average molecular weight is 384 g/mol. The van der Waals surface area contributed by atoms with Crippen molar-refractivity contribution in [3.05, 3.63) is 64.5 Å². The van der Waals surface area contributed by atoms with Gasteiger partial charge in [0.2, 0.25) is 0 Å². The predicted molar refractivity (Wildman–Crippen MR) is 118 cm³/mol. The molecule has 2 heterocycles. The molecule has 2 atom stereocenters. The van der Waals surface area contributed by atoms with Gasteiger partial charge >= 0.3 is 0 Å². The molecule has 0 spiro atoms. The number of rotatable bonds is 1. The third kappa shape index (κ3) is 2.49. The van der Waals surface area contributed by atoms with E-state index < -0.39 is 0 Å². The van der Waals surface area contributed by atoms with Crippen molar-refractivity contribution in [3.63, 3.8) is 0 Å². The van der Waals surface area contributed by atoms with Crippen LogP contribution in [0.25, 0.3) is 17.2 Å². The fraction of sp³-hybridized carbons (Fsp3) is 0.462. The fourth-order valence-electron chi connectivity index (χ4n) is 6.42. The Bertz CT molecular complexity index is 1120. The van der Waals surface area contributed by atoms with E-state index in [-0.39, 0.29) is 5.41 Å². The fourth-order valence-corrected chi connectivity index (χ4v) is 6.42. The van der Waals surface area contributed by atoms with Crippen LogP contribution in [0.2, 0.25) is 0 Å². The summed E-state index contributed by atoms with van der Waals surface area (Å²) in [4.78, 5) is 0. The molecule has 0 radical (unpaired) electrons. The van der Waals surface area contributed by atoms with Gasteiger partial charge in [-0.05, 0) is 61.0 Å². The maximum Gasteiger partial charge on any atom is 0.0940 e. The number of allylic oxidation sites excluding steroid dienone is 7. The monoisotopic (exact) mass is 383 g/mol. The van der Waals surface area contributed by atoms with Crippen molar-refractivity contribution >= 4 is 17.2 Å². The zero-order valence-corrected chi connectivity index (χ0v) is 17.5. The molecule has 4 aliphatic carbocycles. The van der Waals surface area contributed by atoms with Crippen LogP contribution in [0.1, 0.15) is 69.1 Å². The van der Waals surface area contributed by atoms with Crippen molar-refractivity contribution in [2.24, 2.45) is 17.3 Å². The van der Waals surface area contributed by atoms with Gasteiger partial charge in [0, 0.05) is 23.2 Å². The van der Waals surface area contributed by atoms with Crippen LogP contribution >= 0.6 is 0 Å². The molecule has 2 aromatic heterocycles. The highest BCUT2D eigenvalue weighted by atomic mass is 15.4. The Morgan fingerprint density at radius 2 is 1.97 bits per heavy atom. The van der Waals surface area contributed by atoms with Gasteiger partial charge in [0.25, 0.3) is 0 Å². The van der Waals surface area contributed by atoms with Crippen LogP contribution in [0.5, 0.6) is 0 Å². The van der Waals surface area contributed by atoms with Gasteiger partial charge in [0.05, 0.1) is 11.7 Å². The molecule has 148 valence electrons. The standard InChI is InChI=1S/C26H29N3/c1-26(2)23-11-5-3-4-9-19(23)20-13-12-17(14-24(20)26)22-16-29-25(15-27-28-29)21-10-7-6-8-18(21)22/h7,10,12-16,20,24H,3-6,8-9,11H2,1-2H3. The summed E-state index contributed by atoms with van der Waals surface area (Å²) in [5.41, 5.74) is 10.4. The van der Waals surface area contributed by atoms with Crippen LogP contribution in [-0.4, -0.2) is 14.8 Å². The van der Waals surface area contributed by atoms with Crippen molar-refractivity contribution in [1.29, 1.82) is 0 Å². The van der Waals surface area contributed by atoms with E-state index in [1.165, 1.54) is 54.4 Å². The maximum absolute atomic E-state index is 4.32. The van der Waals surface area contributed by atoms with Crippen LogP contribution in [-0.2, 0) is 6.42 Å². The minimum absolute atomic E-state index is 0.262. The van der Waals surface area contributed by atoms with Gasteiger partial charge in [0.1, 0.15) is 0 Å². The molecule has 2 aromatic rings. The molecule has 0 aromatic carbocycles. The predicted octanol–water partition coefficient (Wildman–Crippen LogP) is 6.17. The highest BCUT2D eigenvalue weighted by Gasteiger charge is 2.46. The lowest BCUT2D eigenvalue weighted by atomic mass is 9.70. The first kappa shape index (κ1) is 17.4. The Balaban J connectivity index is 1.48. The van der Waals surface area contributed by atoms with E-state index in [0.717, 1.165) is 18.4 Å². The maximum atomic E-state index is 4.32. The number of nitrogens with zero attached hydrogens (tertiary/aromatic N) is 3. The van der Waals surface area contributed by atoms with Gasteiger partial charge in [-0.2, -0.15) is 0 Å². The third-order valence-electron chi connectivity index (χ3n) is 7.91. The minimum atomic E-state index is 0.262. The van der Waals surface area contributed by atoms with E-state index in [1.807, 2.05) is 10.7 Å². The zero-order valence-electron chi connectivity index (χ0n) is 17.5. The topological polar surface area (TPSA) is 30.2 Å². The van der Waals surface area contributed by atoms with E-state index in [9.17, 15) is 0 Å². The molecular weight excluding hydrogens is 354 g/mol. The highest BCUT2D eigenvalue weighted by molar-refractivity contribution is 5.84. The summed E-state index contributed by atoms with van der Waals surface area (Å²) in [5.74, 6) is 1.18. The lowest BCUT2D eigenvalue weighted by Gasteiger charge is -2.34. The molecule has 0 fully saturated rings. The first-order valence-corrected chi connectivity index (χ1v) is 11.3. The van der Waals surface area contributed by atoms with Gasteiger partial charge in [-0.3, -0.25) is 0 Å². The normalized spacial score (nSPS) is 27.4. The molecule has 6 rings (SSSR count). The number of fused-ring (bicyclic) bond motifs is 5. The van der Waals surface area contributed by atoms with Gasteiger partial charge in [-0.1, -0.05) is 67.0 Å². The highest BCUT2D eigenvalue weighted by Crippen LogP contribution is 2.57. The minimum Gasteiger partial charge on any atom is -0.219 e. The molecule has 3 heteroatoms. The number of hydrogen-bond donors (Lipinski definition) is 0. The molecule has 0 saturated heterocycles. The van der Waals surface area contributed by atoms with E-state index >= 15 is 0 Å². The van der Waals surface area contributed by atoms with Crippen molar-refractivity contribution in [2.75, 3.05) is 0 Å². The number of hydrogen-bond acceptors (Lipinski definition) is 2. The van der Waals surface area contributed by atoms with Crippen LogP contribution in [0.3, 0.4) is 0 Å². The Morgan fingerprint density at radius 3 is 2.90 bits per heavy atom. The Kier molecular flexibility index (Phi) is 3.78. The van der Waals surface area contributed by atoms with Crippen LogP contribution in [0, 0.1) is 17.3 Å². The molecule has 0 saturated carbocycles. The molecule has 0 aliphatic heterocycles. The Labute approximate surface area is 172 Å². The summed E-state index contributed by atoms with van der Waals surface area (Å²) >= 11 is 0. The quantitative estimate of drug-likeness (QED) is 0.551.